The fraction of sp³-hybridized carbons (Fsp3) is 0.357. The minimum atomic E-state index is 0.712. The number of thiazole rings is 1. The summed E-state index contributed by atoms with van der Waals surface area (Å²) in [5.41, 5.74) is 3.57. The lowest BCUT2D eigenvalue weighted by atomic mass is 10.1. The Bertz CT molecular complexity index is 524. The maximum Gasteiger partial charge on any atom is 0.0904 e. The van der Waals surface area contributed by atoms with Gasteiger partial charge in [0.2, 0.25) is 0 Å². The van der Waals surface area contributed by atoms with Crippen molar-refractivity contribution in [1.82, 2.24) is 4.98 Å². The van der Waals surface area contributed by atoms with Gasteiger partial charge in [-0.05, 0) is 38.8 Å². The smallest absolute Gasteiger partial charge is 0.0904 e. The number of aromatic nitrogens is 1. The molecule has 2 aromatic rings. The molecule has 0 radical (unpaired) electrons. The van der Waals surface area contributed by atoms with Crippen molar-refractivity contribution < 1.29 is 0 Å². The molecule has 1 N–H and O–H groups in total. The minimum absolute atomic E-state index is 0.712. The number of rotatable bonds is 3. The molecule has 0 bridgehead atoms. The number of benzene rings is 1. The third-order valence-corrected chi connectivity index (χ3v) is 3.90. The zero-order valence-electron chi connectivity index (χ0n) is 10.2. The van der Waals surface area contributed by atoms with Crippen LogP contribution in [-0.4, -0.2) is 11.0 Å². The highest BCUT2D eigenvalue weighted by atomic mass is 32.1. The van der Waals surface area contributed by atoms with E-state index in [1.54, 1.807) is 11.3 Å². The zero-order valence-corrected chi connectivity index (χ0v) is 11.0. The number of hydrogen-bond acceptors (Lipinski definition) is 3. The first-order chi connectivity index (χ1) is 8.22. The van der Waals surface area contributed by atoms with Crippen molar-refractivity contribution in [1.29, 1.82) is 0 Å². The van der Waals surface area contributed by atoms with Gasteiger partial charge in [-0.2, -0.15) is 0 Å². The summed E-state index contributed by atoms with van der Waals surface area (Å²) in [5, 5.41) is 4.63. The van der Waals surface area contributed by atoms with Gasteiger partial charge in [-0.3, -0.25) is 0 Å². The van der Waals surface area contributed by atoms with Crippen molar-refractivity contribution in [3.8, 4) is 11.3 Å². The quantitative estimate of drug-likeness (QED) is 0.882. The predicted octanol–water partition coefficient (Wildman–Crippen LogP) is 4.00. The SMILES string of the molecule is Cc1nc(-c2ccc(NC3CC3)cc2)c(C)s1. The van der Waals surface area contributed by atoms with Crippen molar-refractivity contribution in [2.75, 3.05) is 5.32 Å². The Morgan fingerprint density at radius 2 is 1.88 bits per heavy atom. The van der Waals surface area contributed by atoms with E-state index in [0.717, 1.165) is 10.7 Å². The Morgan fingerprint density at radius 1 is 1.18 bits per heavy atom. The fourth-order valence-corrected chi connectivity index (χ4v) is 2.82. The molecule has 1 fully saturated rings. The minimum Gasteiger partial charge on any atom is -0.382 e. The first-order valence-electron chi connectivity index (χ1n) is 6.03. The molecule has 1 aromatic carbocycles. The zero-order chi connectivity index (χ0) is 11.8. The van der Waals surface area contributed by atoms with Crippen LogP contribution in [0.25, 0.3) is 11.3 Å². The van der Waals surface area contributed by atoms with E-state index < -0.39 is 0 Å². The van der Waals surface area contributed by atoms with Crippen LogP contribution < -0.4 is 5.32 Å². The molecule has 2 nitrogen and oxygen atoms in total. The topological polar surface area (TPSA) is 24.9 Å². The molecule has 17 heavy (non-hydrogen) atoms. The lowest BCUT2D eigenvalue weighted by molar-refractivity contribution is 1.16. The summed E-state index contributed by atoms with van der Waals surface area (Å²) in [5.74, 6) is 0. The lowest BCUT2D eigenvalue weighted by Crippen LogP contribution is -1.99. The second-order valence-electron chi connectivity index (χ2n) is 4.63. The van der Waals surface area contributed by atoms with Gasteiger partial charge in [-0.15, -0.1) is 11.3 Å². The molecule has 0 atom stereocenters. The van der Waals surface area contributed by atoms with Gasteiger partial charge in [0.1, 0.15) is 0 Å². The van der Waals surface area contributed by atoms with Crippen LogP contribution in [0.5, 0.6) is 0 Å². The normalized spacial score (nSPS) is 14.9. The molecule has 3 heteroatoms. The molecular weight excluding hydrogens is 228 g/mol. The van der Waals surface area contributed by atoms with Gasteiger partial charge >= 0.3 is 0 Å². The maximum atomic E-state index is 4.58. The summed E-state index contributed by atoms with van der Waals surface area (Å²) in [4.78, 5) is 5.88. The Morgan fingerprint density at radius 3 is 2.41 bits per heavy atom. The molecule has 0 aliphatic heterocycles. The summed E-state index contributed by atoms with van der Waals surface area (Å²) in [6.45, 7) is 4.19. The average molecular weight is 244 g/mol. The van der Waals surface area contributed by atoms with E-state index in [9.17, 15) is 0 Å². The van der Waals surface area contributed by atoms with Crippen molar-refractivity contribution in [3.05, 3.63) is 34.2 Å². The Hall–Kier alpha value is -1.35. The molecule has 0 amide bonds. The summed E-state index contributed by atoms with van der Waals surface area (Å²) in [6.07, 6.45) is 2.62. The number of anilines is 1. The van der Waals surface area contributed by atoms with Crippen LogP contribution in [0.2, 0.25) is 0 Å². The van der Waals surface area contributed by atoms with E-state index in [2.05, 4.69) is 48.4 Å². The molecule has 0 saturated heterocycles. The Kier molecular flexibility index (Phi) is 2.63. The molecule has 0 unspecified atom stereocenters. The Labute approximate surface area is 106 Å². The van der Waals surface area contributed by atoms with Crippen molar-refractivity contribution >= 4 is 17.0 Å². The standard InChI is InChI=1S/C14H16N2S/c1-9-14(15-10(2)17-9)11-3-5-12(6-4-11)16-13-7-8-13/h3-6,13,16H,7-8H2,1-2H3. The van der Waals surface area contributed by atoms with Gasteiger partial charge in [0.15, 0.2) is 0 Å². The van der Waals surface area contributed by atoms with Gasteiger partial charge in [-0.25, -0.2) is 4.98 Å². The lowest BCUT2D eigenvalue weighted by Gasteiger charge is -2.05. The molecular formula is C14H16N2S. The number of aryl methyl sites for hydroxylation is 2. The molecule has 3 rings (SSSR count). The van der Waals surface area contributed by atoms with Crippen LogP contribution in [0.3, 0.4) is 0 Å². The average Bonchev–Trinajstić information content (AvgIpc) is 3.05. The van der Waals surface area contributed by atoms with E-state index in [1.807, 2.05) is 0 Å². The van der Waals surface area contributed by atoms with Crippen LogP contribution in [-0.2, 0) is 0 Å². The van der Waals surface area contributed by atoms with Crippen molar-refractivity contribution in [2.45, 2.75) is 32.7 Å². The van der Waals surface area contributed by atoms with Gasteiger partial charge in [0.25, 0.3) is 0 Å². The molecule has 88 valence electrons. The van der Waals surface area contributed by atoms with Gasteiger partial charge in [-0.1, -0.05) is 12.1 Å². The van der Waals surface area contributed by atoms with Crippen LogP contribution >= 0.6 is 11.3 Å². The first kappa shape index (κ1) is 10.8. The fourth-order valence-electron chi connectivity index (χ4n) is 1.98. The summed E-state index contributed by atoms with van der Waals surface area (Å²) < 4.78 is 0. The van der Waals surface area contributed by atoms with Gasteiger partial charge in [0, 0.05) is 22.2 Å². The molecule has 1 aliphatic rings. The third kappa shape index (κ3) is 2.34. The third-order valence-electron chi connectivity index (χ3n) is 3.01. The largest absolute Gasteiger partial charge is 0.382 e. The number of nitrogens with one attached hydrogen (secondary N) is 1. The Balaban J connectivity index is 1.85. The molecule has 1 heterocycles. The predicted molar refractivity (Wildman–Crippen MR) is 73.7 cm³/mol. The van der Waals surface area contributed by atoms with E-state index >= 15 is 0 Å². The van der Waals surface area contributed by atoms with E-state index in [4.69, 9.17) is 0 Å². The van der Waals surface area contributed by atoms with Gasteiger partial charge in [0.05, 0.1) is 10.7 Å². The summed E-state index contributed by atoms with van der Waals surface area (Å²) in [6, 6.07) is 9.34. The number of hydrogen-bond donors (Lipinski definition) is 1. The maximum absolute atomic E-state index is 4.58. The van der Waals surface area contributed by atoms with Crippen molar-refractivity contribution in [2.24, 2.45) is 0 Å². The van der Waals surface area contributed by atoms with Crippen LogP contribution in [0, 0.1) is 13.8 Å². The first-order valence-corrected chi connectivity index (χ1v) is 6.85. The molecule has 0 spiro atoms. The van der Waals surface area contributed by atoms with Crippen LogP contribution in [0.1, 0.15) is 22.7 Å². The second-order valence-corrected chi connectivity index (χ2v) is 6.04. The molecule has 1 saturated carbocycles. The van der Waals surface area contributed by atoms with Crippen LogP contribution in [0.4, 0.5) is 5.69 Å². The highest BCUT2D eigenvalue weighted by Crippen LogP contribution is 2.29. The van der Waals surface area contributed by atoms with E-state index in [0.29, 0.717) is 6.04 Å². The highest BCUT2D eigenvalue weighted by molar-refractivity contribution is 7.11. The van der Waals surface area contributed by atoms with Crippen molar-refractivity contribution in [3.63, 3.8) is 0 Å². The summed E-state index contributed by atoms with van der Waals surface area (Å²) >= 11 is 1.76. The number of nitrogens with zero attached hydrogens (tertiary/aromatic N) is 1. The summed E-state index contributed by atoms with van der Waals surface area (Å²) in [7, 11) is 0. The molecule has 1 aromatic heterocycles. The molecule has 1 aliphatic carbocycles. The monoisotopic (exact) mass is 244 g/mol. The van der Waals surface area contributed by atoms with E-state index in [1.165, 1.54) is 29.0 Å². The van der Waals surface area contributed by atoms with E-state index in [-0.39, 0.29) is 0 Å². The van der Waals surface area contributed by atoms with Crippen LogP contribution in [0.15, 0.2) is 24.3 Å². The second kappa shape index (κ2) is 4.15. The highest BCUT2D eigenvalue weighted by Gasteiger charge is 2.20. The van der Waals surface area contributed by atoms with Gasteiger partial charge < -0.3 is 5.32 Å².